The molecule has 4 N–H and O–H groups in total. The first-order valence-electron chi connectivity index (χ1n) is 21.1. The van der Waals surface area contributed by atoms with Gasteiger partial charge in [-0.1, -0.05) is 134 Å². The van der Waals surface area contributed by atoms with Crippen molar-refractivity contribution in [2.75, 3.05) is 19.8 Å². The molecule has 1 aliphatic rings. The molecule has 1 heterocycles. The van der Waals surface area contributed by atoms with E-state index in [9.17, 15) is 30.0 Å². The van der Waals surface area contributed by atoms with E-state index in [1.165, 1.54) is 89.9 Å². The van der Waals surface area contributed by atoms with Crippen LogP contribution in [0.25, 0.3) is 0 Å². The van der Waals surface area contributed by atoms with E-state index in [0.717, 1.165) is 38.5 Å². The number of aliphatic hydroxyl groups excluding tert-OH is 4. The lowest BCUT2D eigenvalue weighted by atomic mass is 9.99. The lowest BCUT2D eigenvalue weighted by Crippen LogP contribution is -2.59. The van der Waals surface area contributed by atoms with Crippen LogP contribution in [0.3, 0.4) is 0 Å². The van der Waals surface area contributed by atoms with Gasteiger partial charge in [0, 0.05) is 12.8 Å². The molecule has 0 aromatic carbocycles. The molecular formula is C43H76O10. The van der Waals surface area contributed by atoms with Crippen molar-refractivity contribution < 1.29 is 49.0 Å². The quantitative estimate of drug-likeness (QED) is 0.0287. The van der Waals surface area contributed by atoms with Gasteiger partial charge in [0.1, 0.15) is 31.0 Å². The van der Waals surface area contributed by atoms with E-state index < -0.39 is 55.4 Å². The Bertz CT molecular complexity index is 965. The third-order valence-electron chi connectivity index (χ3n) is 9.51. The molecule has 6 atom stereocenters. The van der Waals surface area contributed by atoms with Gasteiger partial charge in [0.15, 0.2) is 12.4 Å². The molecule has 0 saturated carbocycles. The van der Waals surface area contributed by atoms with Crippen molar-refractivity contribution in [1.29, 1.82) is 0 Å². The lowest BCUT2D eigenvalue weighted by molar-refractivity contribution is -0.305. The number of hydrogen-bond acceptors (Lipinski definition) is 10. The first-order valence-corrected chi connectivity index (χ1v) is 21.1. The molecule has 1 rings (SSSR count). The molecule has 308 valence electrons. The fraction of sp³-hybridized carbons (Fsp3) is 0.814. The molecule has 0 radical (unpaired) electrons. The van der Waals surface area contributed by atoms with Crippen molar-refractivity contribution in [2.45, 2.75) is 205 Å². The summed E-state index contributed by atoms with van der Waals surface area (Å²) in [5.41, 5.74) is 0. The van der Waals surface area contributed by atoms with Crippen LogP contribution in [-0.2, 0) is 28.5 Å². The molecule has 0 aliphatic carbocycles. The van der Waals surface area contributed by atoms with Crippen LogP contribution in [-0.4, -0.2) is 89.0 Å². The molecule has 1 saturated heterocycles. The van der Waals surface area contributed by atoms with Gasteiger partial charge in [-0.05, 0) is 57.8 Å². The molecule has 1 fully saturated rings. The van der Waals surface area contributed by atoms with Gasteiger partial charge in [-0.2, -0.15) is 0 Å². The maximum absolute atomic E-state index is 12.7. The van der Waals surface area contributed by atoms with Crippen LogP contribution in [0.15, 0.2) is 36.5 Å². The highest BCUT2D eigenvalue weighted by Crippen LogP contribution is 2.22. The minimum absolute atomic E-state index is 0.123. The zero-order valence-corrected chi connectivity index (χ0v) is 33.3. The molecule has 0 aromatic heterocycles. The Morgan fingerprint density at radius 1 is 0.585 bits per heavy atom. The van der Waals surface area contributed by atoms with Crippen molar-refractivity contribution >= 4 is 11.9 Å². The molecule has 53 heavy (non-hydrogen) atoms. The van der Waals surface area contributed by atoms with Crippen molar-refractivity contribution in [3.8, 4) is 0 Å². The Morgan fingerprint density at radius 2 is 1.09 bits per heavy atom. The van der Waals surface area contributed by atoms with Crippen molar-refractivity contribution in [1.82, 2.24) is 0 Å². The summed E-state index contributed by atoms with van der Waals surface area (Å²) in [6.45, 7) is 3.33. The minimum atomic E-state index is -1.60. The summed E-state index contributed by atoms with van der Waals surface area (Å²) in [6.07, 6.45) is 30.2. The molecule has 0 aromatic rings. The third-order valence-corrected chi connectivity index (χ3v) is 9.51. The number of carbonyl (C=O) groups is 2. The number of allylic oxidation sites excluding steroid dienone is 6. The minimum Gasteiger partial charge on any atom is -0.462 e. The highest BCUT2D eigenvalue weighted by Gasteiger charge is 2.44. The fourth-order valence-corrected chi connectivity index (χ4v) is 6.12. The number of esters is 2. The Labute approximate surface area is 321 Å². The number of carbonyl (C=O) groups excluding carboxylic acids is 2. The molecule has 0 bridgehead atoms. The highest BCUT2D eigenvalue weighted by molar-refractivity contribution is 5.70. The number of ether oxygens (including phenoxy) is 4. The standard InChI is InChI=1S/C43H76O10/c1-3-5-7-9-11-13-15-17-18-20-21-23-25-27-29-31-38(45)50-34-36(35-51-43-42(49)41(48)40(47)37(33-44)53-43)52-39(46)32-30-28-26-24-22-19-16-14-12-10-8-6-4-2/h13,15,19,22,26,28,36-37,40-44,47-49H,3-12,14,16-18,20-21,23-25,27,29-35H2,1-2H3/b15-13+,22-19+,28-26+/t36?,37-,40+,41?,42?,43-/m0/s1. The highest BCUT2D eigenvalue weighted by atomic mass is 16.7. The van der Waals surface area contributed by atoms with Crippen LogP contribution >= 0.6 is 0 Å². The normalized spacial score (nSPS) is 21.2. The monoisotopic (exact) mass is 753 g/mol. The van der Waals surface area contributed by atoms with Crippen LogP contribution in [0.2, 0.25) is 0 Å². The van der Waals surface area contributed by atoms with Crippen LogP contribution in [0, 0.1) is 0 Å². The Kier molecular flexibility index (Phi) is 31.8. The summed E-state index contributed by atoms with van der Waals surface area (Å²) in [6, 6.07) is 0. The first-order chi connectivity index (χ1) is 25.8. The molecule has 10 heteroatoms. The van der Waals surface area contributed by atoms with Gasteiger partial charge in [0.05, 0.1) is 13.2 Å². The Hall–Kier alpha value is -2.08. The van der Waals surface area contributed by atoms with Gasteiger partial charge in [-0.3, -0.25) is 9.59 Å². The second-order valence-electron chi connectivity index (χ2n) is 14.4. The van der Waals surface area contributed by atoms with Crippen molar-refractivity contribution in [2.24, 2.45) is 0 Å². The Balaban J connectivity index is 2.40. The average molecular weight is 753 g/mol. The van der Waals surface area contributed by atoms with Crippen LogP contribution in [0.1, 0.15) is 168 Å². The number of hydrogen-bond donors (Lipinski definition) is 4. The second-order valence-corrected chi connectivity index (χ2v) is 14.4. The van der Waals surface area contributed by atoms with Crippen LogP contribution in [0.5, 0.6) is 0 Å². The largest absolute Gasteiger partial charge is 0.462 e. The summed E-state index contributed by atoms with van der Waals surface area (Å²) in [5.74, 6) is -0.891. The SMILES string of the molecule is CCCCCC/C=C/CCCCCCCCCC(=O)OCC(CO[C@H]1O[C@@H](CO)[C@@H](O)C(O)C1O)OC(=O)CC/C=C/C/C=C/CCCCCCCC. The Morgan fingerprint density at radius 3 is 1.68 bits per heavy atom. The topological polar surface area (TPSA) is 152 Å². The smallest absolute Gasteiger partial charge is 0.306 e. The summed E-state index contributed by atoms with van der Waals surface area (Å²) < 4.78 is 22.0. The summed E-state index contributed by atoms with van der Waals surface area (Å²) in [5, 5.41) is 40.0. The maximum atomic E-state index is 12.7. The number of rotatable bonds is 34. The second kappa shape index (κ2) is 34.4. The van der Waals surface area contributed by atoms with Gasteiger partial charge in [0.25, 0.3) is 0 Å². The van der Waals surface area contributed by atoms with E-state index in [1.54, 1.807) is 0 Å². The molecule has 0 spiro atoms. The molecule has 3 unspecified atom stereocenters. The number of aliphatic hydroxyl groups is 4. The van der Waals surface area contributed by atoms with Gasteiger partial charge in [-0.15, -0.1) is 0 Å². The molecule has 0 amide bonds. The van der Waals surface area contributed by atoms with Gasteiger partial charge < -0.3 is 39.4 Å². The van der Waals surface area contributed by atoms with Gasteiger partial charge >= 0.3 is 11.9 Å². The summed E-state index contributed by atoms with van der Waals surface area (Å²) >= 11 is 0. The lowest BCUT2D eigenvalue weighted by Gasteiger charge is -2.39. The van der Waals surface area contributed by atoms with Gasteiger partial charge in [-0.25, -0.2) is 0 Å². The van der Waals surface area contributed by atoms with Crippen molar-refractivity contribution in [3.63, 3.8) is 0 Å². The maximum Gasteiger partial charge on any atom is 0.306 e. The third kappa shape index (κ3) is 26.4. The van der Waals surface area contributed by atoms with E-state index in [2.05, 4.69) is 38.2 Å². The van der Waals surface area contributed by atoms with E-state index in [0.29, 0.717) is 12.8 Å². The zero-order valence-electron chi connectivity index (χ0n) is 33.3. The van der Waals surface area contributed by atoms with E-state index in [-0.39, 0.29) is 26.1 Å². The predicted octanol–water partition coefficient (Wildman–Crippen LogP) is 8.33. The summed E-state index contributed by atoms with van der Waals surface area (Å²) in [7, 11) is 0. The van der Waals surface area contributed by atoms with Crippen LogP contribution < -0.4 is 0 Å². The van der Waals surface area contributed by atoms with Crippen molar-refractivity contribution in [3.05, 3.63) is 36.5 Å². The predicted molar refractivity (Wildman–Crippen MR) is 210 cm³/mol. The van der Waals surface area contributed by atoms with E-state index in [1.807, 2.05) is 12.2 Å². The molecule has 1 aliphatic heterocycles. The van der Waals surface area contributed by atoms with Crippen LogP contribution in [0.4, 0.5) is 0 Å². The molecular weight excluding hydrogens is 676 g/mol. The first kappa shape index (κ1) is 48.9. The average Bonchev–Trinajstić information content (AvgIpc) is 3.15. The molecule has 10 nitrogen and oxygen atoms in total. The van der Waals surface area contributed by atoms with Gasteiger partial charge in [0.2, 0.25) is 0 Å². The fourth-order valence-electron chi connectivity index (χ4n) is 6.12. The van der Waals surface area contributed by atoms with E-state index in [4.69, 9.17) is 18.9 Å². The van der Waals surface area contributed by atoms with E-state index >= 15 is 0 Å². The zero-order chi connectivity index (χ0) is 38.8. The summed E-state index contributed by atoms with van der Waals surface area (Å²) in [4.78, 5) is 25.2. The number of unbranched alkanes of at least 4 members (excludes halogenated alkanes) is 17.